The molecule has 3 aliphatic rings. The van der Waals surface area contributed by atoms with Crippen molar-refractivity contribution >= 4 is 18.3 Å². The molecule has 4 rings (SSSR count). The minimum Gasteiger partial charge on any atom is -0.353 e. The van der Waals surface area contributed by atoms with Crippen LogP contribution in [-0.2, 0) is 11.2 Å². The summed E-state index contributed by atoms with van der Waals surface area (Å²) in [6, 6.07) is 12.5. The van der Waals surface area contributed by atoms with Crippen LogP contribution in [0, 0.1) is 11.8 Å². The fourth-order valence-corrected chi connectivity index (χ4v) is 5.26. The quantitative estimate of drug-likeness (QED) is 0.835. The molecule has 25 heavy (non-hydrogen) atoms. The van der Waals surface area contributed by atoms with Gasteiger partial charge in [0.25, 0.3) is 0 Å². The molecule has 1 aliphatic carbocycles. The van der Waals surface area contributed by atoms with E-state index in [-0.39, 0.29) is 12.4 Å². The van der Waals surface area contributed by atoms with Gasteiger partial charge in [-0.05, 0) is 62.3 Å². The second kappa shape index (κ2) is 8.55. The van der Waals surface area contributed by atoms with Crippen LogP contribution < -0.4 is 10.6 Å². The average molecular weight is 363 g/mol. The van der Waals surface area contributed by atoms with Gasteiger partial charge in [-0.2, -0.15) is 0 Å². The zero-order valence-corrected chi connectivity index (χ0v) is 15.8. The van der Waals surface area contributed by atoms with Crippen molar-refractivity contribution in [2.45, 2.75) is 75.9 Å². The molecule has 4 heteroatoms. The standard InChI is InChI=1S/C21H30N2O.ClH/c24-21(14-16-12-18-9-10-19(13-16)22-18)23-20-8-4-7-17(20)11-15-5-2-1-3-6-15;/h1-3,5-6,16-20,22H,4,7-14H2,(H,23,24);1H. The molecule has 2 saturated heterocycles. The molecule has 3 fully saturated rings. The van der Waals surface area contributed by atoms with Gasteiger partial charge < -0.3 is 10.6 Å². The second-order valence-corrected chi connectivity index (χ2v) is 8.23. The molecule has 4 atom stereocenters. The fourth-order valence-electron chi connectivity index (χ4n) is 5.26. The Labute approximate surface area is 157 Å². The highest BCUT2D eigenvalue weighted by atomic mass is 35.5. The molecule has 1 aromatic carbocycles. The van der Waals surface area contributed by atoms with E-state index in [1.807, 2.05) is 0 Å². The highest BCUT2D eigenvalue weighted by Gasteiger charge is 2.35. The predicted molar refractivity (Wildman–Crippen MR) is 104 cm³/mol. The van der Waals surface area contributed by atoms with Gasteiger partial charge in [0.15, 0.2) is 0 Å². The van der Waals surface area contributed by atoms with Crippen LogP contribution >= 0.6 is 12.4 Å². The van der Waals surface area contributed by atoms with E-state index in [9.17, 15) is 4.79 Å². The summed E-state index contributed by atoms with van der Waals surface area (Å²) < 4.78 is 0. The Kier molecular flexibility index (Phi) is 6.40. The molecule has 3 nitrogen and oxygen atoms in total. The number of amides is 1. The van der Waals surface area contributed by atoms with Crippen molar-refractivity contribution in [3.8, 4) is 0 Å². The monoisotopic (exact) mass is 362 g/mol. The van der Waals surface area contributed by atoms with Crippen molar-refractivity contribution in [2.75, 3.05) is 0 Å². The predicted octanol–water partition coefficient (Wildman–Crippen LogP) is 3.86. The number of halogens is 1. The number of nitrogens with one attached hydrogen (secondary N) is 2. The number of piperidine rings is 1. The van der Waals surface area contributed by atoms with Gasteiger partial charge in [0.1, 0.15) is 0 Å². The van der Waals surface area contributed by atoms with Crippen LogP contribution in [-0.4, -0.2) is 24.0 Å². The molecule has 2 heterocycles. The molecule has 2 bridgehead atoms. The summed E-state index contributed by atoms with van der Waals surface area (Å²) in [5.41, 5.74) is 1.40. The van der Waals surface area contributed by atoms with Crippen molar-refractivity contribution in [3.05, 3.63) is 35.9 Å². The summed E-state index contributed by atoms with van der Waals surface area (Å²) in [4.78, 5) is 12.6. The third kappa shape index (κ3) is 4.77. The van der Waals surface area contributed by atoms with Crippen LogP contribution in [0.25, 0.3) is 0 Å². The Morgan fingerprint density at radius 1 is 1.04 bits per heavy atom. The molecular weight excluding hydrogens is 332 g/mol. The van der Waals surface area contributed by atoms with Crippen LogP contribution in [0.1, 0.15) is 56.9 Å². The molecule has 4 unspecified atom stereocenters. The normalized spacial score (nSPS) is 33.7. The number of fused-ring (bicyclic) bond motifs is 2. The summed E-state index contributed by atoms with van der Waals surface area (Å²) in [6.45, 7) is 0. The van der Waals surface area contributed by atoms with E-state index in [1.165, 1.54) is 44.1 Å². The van der Waals surface area contributed by atoms with Crippen LogP contribution in [0.15, 0.2) is 30.3 Å². The molecule has 2 aliphatic heterocycles. The maximum Gasteiger partial charge on any atom is 0.220 e. The summed E-state index contributed by atoms with van der Waals surface area (Å²) in [7, 11) is 0. The van der Waals surface area contributed by atoms with Crippen molar-refractivity contribution in [1.82, 2.24) is 10.6 Å². The Morgan fingerprint density at radius 2 is 1.76 bits per heavy atom. The molecule has 1 amide bonds. The Morgan fingerprint density at radius 3 is 2.48 bits per heavy atom. The van der Waals surface area contributed by atoms with Crippen LogP contribution in [0.3, 0.4) is 0 Å². The van der Waals surface area contributed by atoms with Gasteiger partial charge in [0.2, 0.25) is 5.91 Å². The smallest absolute Gasteiger partial charge is 0.220 e. The van der Waals surface area contributed by atoms with E-state index in [0.29, 0.717) is 35.9 Å². The summed E-state index contributed by atoms with van der Waals surface area (Å²) in [5, 5.41) is 7.06. The molecule has 0 spiro atoms. The van der Waals surface area contributed by atoms with E-state index in [4.69, 9.17) is 0 Å². The third-order valence-electron chi connectivity index (χ3n) is 6.39. The number of rotatable bonds is 5. The van der Waals surface area contributed by atoms with Crippen LogP contribution in [0.4, 0.5) is 0 Å². The molecule has 0 radical (unpaired) electrons. The Bertz CT molecular complexity index is 552. The molecule has 0 aromatic heterocycles. The van der Waals surface area contributed by atoms with E-state index in [1.54, 1.807) is 0 Å². The van der Waals surface area contributed by atoms with Crippen molar-refractivity contribution in [2.24, 2.45) is 11.8 Å². The second-order valence-electron chi connectivity index (χ2n) is 8.23. The maximum atomic E-state index is 12.6. The highest BCUT2D eigenvalue weighted by Crippen LogP contribution is 2.33. The first-order valence-corrected chi connectivity index (χ1v) is 9.85. The van der Waals surface area contributed by atoms with Crippen molar-refractivity contribution in [3.63, 3.8) is 0 Å². The number of carbonyl (C=O) groups is 1. The minimum absolute atomic E-state index is 0. The summed E-state index contributed by atoms with van der Waals surface area (Å²) in [6.07, 6.45) is 10.5. The van der Waals surface area contributed by atoms with Crippen molar-refractivity contribution in [1.29, 1.82) is 0 Å². The molecule has 1 saturated carbocycles. The summed E-state index contributed by atoms with van der Waals surface area (Å²) >= 11 is 0. The van der Waals surface area contributed by atoms with Gasteiger partial charge in [0, 0.05) is 24.5 Å². The SMILES string of the molecule is Cl.O=C(CC1CC2CCC(C1)N2)NC1CCCC1Cc1ccccc1. The zero-order chi connectivity index (χ0) is 16.4. The van der Waals surface area contributed by atoms with E-state index >= 15 is 0 Å². The molecular formula is C21H31ClN2O. The Hall–Kier alpha value is -1.06. The largest absolute Gasteiger partial charge is 0.353 e. The zero-order valence-electron chi connectivity index (χ0n) is 15.0. The first-order valence-electron chi connectivity index (χ1n) is 9.85. The number of benzene rings is 1. The van der Waals surface area contributed by atoms with Gasteiger partial charge in [0.05, 0.1) is 0 Å². The van der Waals surface area contributed by atoms with Gasteiger partial charge in [-0.1, -0.05) is 36.8 Å². The van der Waals surface area contributed by atoms with Crippen LogP contribution in [0.5, 0.6) is 0 Å². The highest BCUT2D eigenvalue weighted by molar-refractivity contribution is 5.85. The average Bonchev–Trinajstić information content (AvgIpc) is 3.14. The van der Waals surface area contributed by atoms with E-state index in [2.05, 4.69) is 41.0 Å². The van der Waals surface area contributed by atoms with Gasteiger partial charge in [-0.25, -0.2) is 0 Å². The number of carbonyl (C=O) groups excluding carboxylic acids is 1. The Balaban J connectivity index is 0.00000182. The van der Waals surface area contributed by atoms with Crippen molar-refractivity contribution < 1.29 is 4.79 Å². The lowest BCUT2D eigenvalue weighted by Crippen LogP contribution is -2.42. The number of hydrogen-bond acceptors (Lipinski definition) is 2. The fraction of sp³-hybridized carbons (Fsp3) is 0.667. The number of hydrogen-bond donors (Lipinski definition) is 2. The third-order valence-corrected chi connectivity index (χ3v) is 6.39. The minimum atomic E-state index is 0. The molecule has 1 aromatic rings. The lowest BCUT2D eigenvalue weighted by atomic mass is 9.89. The van der Waals surface area contributed by atoms with E-state index in [0.717, 1.165) is 19.3 Å². The topological polar surface area (TPSA) is 41.1 Å². The maximum absolute atomic E-state index is 12.6. The first-order chi connectivity index (χ1) is 11.8. The summed E-state index contributed by atoms with van der Waals surface area (Å²) in [5.74, 6) is 1.50. The van der Waals surface area contributed by atoms with Crippen LogP contribution in [0.2, 0.25) is 0 Å². The van der Waals surface area contributed by atoms with Gasteiger partial charge in [-0.15, -0.1) is 12.4 Å². The van der Waals surface area contributed by atoms with E-state index < -0.39 is 0 Å². The first kappa shape index (κ1) is 18.7. The van der Waals surface area contributed by atoms with Gasteiger partial charge >= 0.3 is 0 Å². The lowest BCUT2D eigenvalue weighted by Gasteiger charge is -2.29. The van der Waals surface area contributed by atoms with Gasteiger partial charge in [-0.3, -0.25) is 4.79 Å². The lowest BCUT2D eigenvalue weighted by molar-refractivity contribution is -0.123. The molecule has 138 valence electrons. The molecule has 2 N–H and O–H groups in total.